The molecule has 0 N–H and O–H groups in total. The van der Waals surface area contributed by atoms with Gasteiger partial charge >= 0.3 is 0 Å². The number of anilines is 1. The van der Waals surface area contributed by atoms with Gasteiger partial charge in [-0.2, -0.15) is 4.31 Å². The molecule has 0 aliphatic carbocycles. The number of aromatic nitrogens is 2. The van der Waals surface area contributed by atoms with Gasteiger partial charge in [-0.3, -0.25) is 14.7 Å². The Labute approximate surface area is 197 Å². The van der Waals surface area contributed by atoms with Crippen molar-refractivity contribution in [1.82, 2.24) is 14.3 Å². The molecule has 9 heteroatoms. The number of carbonyl (C=O) groups is 1. The topological polar surface area (TPSA) is 83.5 Å². The van der Waals surface area contributed by atoms with Crippen molar-refractivity contribution < 1.29 is 13.2 Å². The highest BCUT2D eigenvalue weighted by atomic mass is 32.2. The van der Waals surface area contributed by atoms with Crippen LogP contribution in [0.25, 0.3) is 10.2 Å². The van der Waals surface area contributed by atoms with E-state index in [0.717, 1.165) is 31.2 Å². The molecule has 0 aliphatic heterocycles. The smallest absolute Gasteiger partial charge is 0.244 e. The van der Waals surface area contributed by atoms with Crippen LogP contribution in [0.3, 0.4) is 0 Å². The minimum atomic E-state index is -3.85. The number of hydrogen-bond donors (Lipinski definition) is 0. The van der Waals surface area contributed by atoms with Gasteiger partial charge in [0.1, 0.15) is 4.90 Å². The molecule has 2 aromatic carbocycles. The van der Waals surface area contributed by atoms with Crippen LogP contribution in [0.4, 0.5) is 5.13 Å². The fourth-order valence-electron chi connectivity index (χ4n) is 3.54. The van der Waals surface area contributed by atoms with Crippen molar-refractivity contribution in [2.24, 2.45) is 0 Å². The molecule has 0 aliphatic rings. The number of carbonyl (C=O) groups excluding carboxylic acids is 1. The number of amides is 1. The highest BCUT2D eigenvalue weighted by molar-refractivity contribution is 7.89. The maximum Gasteiger partial charge on any atom is 0.244 e. The fraction of sp³-hybridized carbons (Fsp3) is 0.208. The summed E-state index contributed by atoms with van der Waals surface area (Å²) in [5.74, 6) is -0.359. The van der Waals surface area contributed by atoms with Crippen molar-refractivity contribution in [2.45, 2.75) is 25.3 Å². The molecule has 170 valence electrons. The van der Waals surface area contributed by atoms with Gasteiger partial charge in [-0.05, 0) is 48.7 Å². The third kappa shape index (κ3) is 4.95. The maximum atomic E-state index is 13.4. The van der Waals surface area contributed by atoms with Crippen molar-refractivity contribution in [2.75, 3.05) is 18.5 Å². The second-order valence-electron chi connectivity index (χ2n) is 7.84. The predicted octanol–water partition coefficient (Wildman–Crippen LogP) is 4.16. The van der Waals surface area contributed by atoms with Gasteiger partial charge in [0.25, 0.3) is 0 Å². The Kier molecular flexibility index (Phi) is 6.55. The average Bonchev–Trinajstić information content (AvgIpc) is 3.22. The van der Waals surface area contributed by atoms with Crippen LogP contribution in [0.1, 0.15) is 16.7 Å². The zero-order valence-corrected chi connectivity index (χ0v) is 20.2. The van der Waals surface area contributed by atoms with E-state index in [1.165, 1.54) is 36.8 Å². The van der Waals surface area contributed by atoms with Gasteiger partial charge in [0, 0.05) is 19.4 Å². The van der Waals surface area contributed by atoms with Gasteiger partial charge in [-0.25, -0.2) is 13.4 Å². The number of likely N-dealkylation sites (N-methyl/N-ethyl adjacent to an activating group) is 1. The standard InChI is InChI=1S/C24H24N4O3S2/c1-17-12-18(2)23-21(13-17)32-24(26-23)28(15-19-8-5-4-6-9-19)22(29)16-27(3)33(30,31)20-10-7-11-25-14-20/h4-14H,15-16H2,1-3H3. The number of sulfonamides is 1. The summed E-state index contributed by atoms with van der Waals surface area (Å²) in [4.78, 5) is 23.7. The number of rotatable bonds is 7. The molecule has 0 saturated carbocycles. The summed E-state index contributed by atoms with van der Waals surface area (Å²) in [6.07, 6.45) is 2.78. The molecule has 0 fully saturated rings. The quantitative estimate of drug-likeness (QED) is 0.397. The third-order valence-electron chi connectivity index (χ3n) is 5.23. The number of aryl methyl sites for hydroxylation is 2. The van der Waals surface area contributed by atoms with Gasteiger partial charge in [0.15, 0.2) is 5.13 Å². The van der Waals surface area contributed by atoms with E-state index in [9.17, 15) is 13.2 Å². The van der Waals surface area contributed by atoms with Crippen molar-refractivity contribution in [3.8, 4) is 0 Å². The van der Waals surface area contributed by atoms with Crippen LogP contribution in [0.5, 0.6) is 0 Å². The minimum absolute atomic E-state index is 0.0426. The molecule has 7 nitrogen and oxygen atoms in total. The van der Waals surface area contributed by atoms with E-state index in [4.69, 9.17) is 4.98 Å². The Morgan fingerprint density at radius 1 is 1.06 bits per heavy atom. The summed E-state index contributed by atoms with van der Waals surface area (Å²) >= 11 is 1.43. The Hall–Kier alpha value is -3.14. The lowest BCUT2D eigenvalue weighted by molar-refractivity contribution is -0.118. The molecule has 0 unspecified atom stereocenters. The van der Waals surface area contributed by atoms with E-state index in [2.05, 4.69) is 11.1 Å². The molecule has 2 heterocycles. The molecule has 1 amide bonds. The van der Waals surface area contributed by atoms with E-state index in [-0.39, 0.29) is 23.9 Å². The number of nitrogens with zero attached hydrogens (tertiary/aromatic N) is 4. The first-order valence-corrected chi connectivity index (χ1v) is 12.6. The second kappa shape index (κ2) is 9.38. The highest BCUT2D eigenvalue weighted by Crippen LogP contribution is 2.32. The normalized spacial score (nSPS) is 11.8. The Balaban J connectivity index is 1.68. The van der Waals surface area contributed by atoms with Crippen LogP contribution in [0.2, 0.25) is 0 Å². The largest absolute Gasteiger partial charge is 0.282 e. The SMILES string of the molecule is Cc1cc(C)c2nc(N(Cc3ccccc3)C(=O)CN(C)S(=O)(=O)c3cccnc3)sc2c1. The summed E-state index contributed by atoms with van der Waals surface area (Å²) in [5, 5.41) is 0.541. The number of fused-ring (bicyclic) bond motifs is 1. The van der Waals surface area contributed by atoms with Crippen LogP contribution in [-0.2, 0) is 21.4 Å². The van der Waals surface area contributed by atoms with E-state index >= 15 is 0 Å². The first-order chi connectivity index (χ1) is 15.8. The lowest BCUT2D eigenvalue weighted by Crippen LogP contribution is -2.41. The van der Waals surface area contributed by atoms with Crippen molar-refractivity contribution in [1.29, 1.82) is 0 Å². The summed E-state index contributed by atoms with van der Waals surface area (Å²) < 4.78 is 27.9. The number of thiazole rings is 1. The van der Waals surface area contributed by atoms with E-state index in [0.29, 0.717) is 5.13 Å². The Bertz CT molecular complexity index is 1390. The van der Waals surface area contributed by atoms with E-state index < -0.39 is 10.0 Å². The molecule has 4 aromatic rings. The zero-order valence-electron chi connectivity index (χ0n) is 18.6. The van der Waals surface area contributed by atoms with E-state index in [1.54, 1.807) is 11.0 Å². The van der Waals surface area contributed by atoms with Gasteiger partial charge < -0.3 is 0 Å². The molecule has 2 aromatic heterocycles. The van der Waals surface area contributed by atoms with Crippen molar-refractivity contribution in [3.05, 3.63) is 83.7 Å². The van der Waals surface area contributed by atoms with Crippen LogP contribution < -0.4 is 4.90 Å². The summed E-state index contributed by atoms with van der Waals surface area (Å²) in [6.45, 7) is 3.99. The first kappa shape index (κ1) is 23.0. The Morgan fingerprint density at radius 2 is 1.82 bits per heavy atom. The predicted molar refractivity (Wildman–Crippen MR) is 131 cm³/mol. The van der Waals surface area contributed by atoms with Crippen LogP contribution in [0, 0.1) is 13.8 Å². The van der Waals surface area contributed by atoms with Crippen LogP contribution >= 0.6 is 11.3 Å². The minimum Gasteiger partial charge on any atom is -0.282 e. The molecule has 33 heavy (non-hydrogen) atoms. The highest BCUT2D eigenvalue weighted by Gasteiger charge is 2.27. The Morgan fingerprint density at radius 3 is 2.52 bits per heavy atom. The first-order valence-electron chi connectivity index (χ1n) is 10.3. The van der Waals surface area contributed by atoms with E-state index in [1.807, 2.05) is 50.2 Å². The van der Waals surface area contributed by atoms with Crippen molar-refractivity contribution >= 4 is 42.6 Å². The van der Waals surface area contributed by atoms with Crippen LogP contribution in [0.15, 0.2) is 71.9 Å². The molecular formula is C24H24N4O3S2. The third-order valence-corrected chi connectivity index (χ3v) is 8.05. The molecule has 4 rings (SSSR count). The van der Waals surface area contributed by atoms with Gasteiger partial charge in [-0.1, -0.05) is 47.7 Å². The van der Waals surface area contributed by atoms with Gasteiger partial charge in [-0.15, -0.1) is 0 Å². The monoisotopic (exact) mass is 480 g/mol. The van der Waals surface area contributed by atoms with Crippen LogP contribution in [-0.4, -0.2) is 42.2 Å². The van der Waals surface area contributed by atoms with Gasteiger partial charge in [0.05, 0.1) is 23.3 Å². The molecule has 0 bridgehead atoms. The van der Waals surface area contributed by atoms with Gasteiger partial charge in [0.2, 0.25) is 15.9 Å². The lowest BCUT2D eigenvalue weighted by atomic mass is 10.1. The molecule has 0 radical (unpaired) electrons. The molecule has 0 atom stereocenters. The van der Waals surface area contributed by atoms with Crippen molar-refractivity contribution in [3.63, 3.8) is 0 Å². The zero-order chi connectivity index (χ0) is 23.6. The number of pyridine rings is 1. The summed E-state index contributed by atoms with van der Waals surface area (Å²) in [5.41, 5.74) is 3.94. The summed E-state index contributed by atoms with van der Waals surface area (Å²) in [6, 6.07) is 16.7. The fourth-order valence-corrected chi connectivity index (χ4v) is 5.79. The molecule has 0 saturated heterocycles. The average molecular weight is 481 g/mol. The number of benzene rings is 2. The molecule has 0 spiro atoms. The maximum absolute atomic E-state index is 13.4. The second-order valence-corrected chi connectivity index (χ2v) is 10.9. The molecular weight excluding hydrogens is 456 g/mol. The summed E-state index contributed by atoms with van der Waals surface area (Å²) in [7, 11) is -2.46. The lowest BCUT2D eigenvalue weighted by Gasteiger charge is -2.23. The number of hydrogen-bond acceptors (Lipinski definition) is 6.